The summed E-state index contributed by atoms with van der Waals surface area (Å²) in [7, 11) is -4.42. The van der Waals surface area contributed by atoms with Gasteiger partial charge in [-0.25, -0.2) is 17.2 Å². The predicted molar refractivity (Wildman–Crippen MR) is 94.3 cm³/mol. The summed E-state index contributed by atoms with van der Waals surface area (Å²) >= 11 is 1.33. The molecule has 0 spiro atoms. The van der Waals surface area contributed by atoms with E-state index in [-0.39, 0.29) is 0 Å². The number of fused-ring (bicyclic) bond motifs is 1. The van der Waals surface area contributed by atoms with E-state index in [1.54, 1.807) is 6.07 Å². The maximum Gasteiger partial charge on any atom is 0.276 e. The summed E-state index contributed by atoms with van der Waals surface area (Å²) in [6.45, 7) is 2.13. The highest BCUT2D eigenvalue weighted by Gasteiger charge is 2.24. The van der Waals surface area contributed by atoms with Crippen LogP contribution in [-0.2, 0) is 22.9 Å². The number of sulfonamides is 1. The minimum absolute atomic E-state index is 0.383. The van der Waals surface area contributed by atoms with E-state index in [2.05, 4.69) is 12.3 Å². The van der Waals surface area contributed by atoms with Gasteiger partial charge in [-0.05, 0) is 55.0 Å². The second kappa shape index (κ2) is 7.42. The monoisotopic (exact) mass is 400 g/mol. The van der Waals surface area contributed by atoms with Gasteiger partial charge >= 0.3 is 0 Å². The first kappa shape index (κ1) is 18.9. The smallest absolute Gasteiger partial charge is 0.273 e. The highest BCUT2D eigenvalue weighted by atomic mass is 32.2. The normalized spacial score (nSPS) is 17.0. The summed E-state index contributed by atoms with van der Waals surface area (Å²) in [6.07, 6.45) is 3.98. The van der Waals surface area contributed by atoms with E-state index < -0.39 is 32.5 Å². The summed E-state index contributed by atoms with van der Waals surface area (Å²) in [4.78, 5) is 14.7. The van der Waals surface area contributed by atoms with Gasteiger partial charge in [-0.2, -0.15) is 0 Å². The first-order chi connectivity index (χ1) is 12.3. The van der Waals surface area contributed by atoms with Crippen molar-refractivity contribution in [3.63, 3.8) is 0 Å². The quantitative estimate of drug-likeness (QED) is 0.757. The largest absolute Gasteiger partial charge is 0.276 e. The van der Waals surface area contributed by atoms with E-state index in [4.69, 9.17) is 0 Å². The highest BCUT2D eigenvalue weighted by molar-refractivity contribution is 7.89. The molecule has 1 amide bonds. The molecule has 2 aromatic rings. The molecule has 1 atom stereocenters. The van der Waals surface area contributed by atoms with Crippen LogP contribution in [0.1, 0.15) is 39.9 Å². The number of hydrogen-bond donors (Lipinski definition) is 2. The van der Waals surface area contributed by atoms with Crippen molar-refractivity contribution in [2.24, 2.45) is 5.92 Å². The van der Waals surface area contributed by atoms with Gasteiger partial charge in [0.05, 0.1) is 4.88 Å². The number of carbonyl (C=O) groups excluding carboxylic acids is 1. The maximum atomic E-state index is 13.6. The number of benzene rings is 1. The molecule has 1 aliphatic rings. The lowest BCUT2D eigenvalue weighted by molar-refractivity contribution is 0.0949. The zero-order valence-corrected chi connectivity index (χ0v) is 15.6. The maximum absolute atomic E-state index is 13.6. The van der Waals surface area contributed by atoms with Crippen molar-refractivity contribution < 1.29 is 22.0 Å². The molecule has 0 aliphatic heterocycles. The molecule has 1 aromatic carbocycles. The third-order valence-electron chi connectivity index (χ3n) is 4.47. The lowest BCUT2D eigenvalue weighted by Crippen LogP contribution is -2.41. The van der Waals surface area contributed by atoms with Gasteiger partial charge in [0.2, 0.25) is 0 Å². The van der Waals surface area contributed by atoms with Crippen molar-refractivity contribution in [1.29, 1.82) is 0 Å². The van der Waals surface area contributed by atoms with Crippen molar-refractivity contribution >= 4 is 27.3 Å². The zero-order chi connectivity index (χ0) is 18.9. The third kappa shape index (κ3) is 3.94. The number of hydrogen-bond acceptors (Lipinski definition) is 4. The van der Waals surface area contributed by atoms with Gasteiger partial charge in [-0.3, -0.25) is 10.2 Å². The van der Waals surface area contributed by atoms with E-state index in [0.29, 0.717) is 22.9 Å². The fourth-order valence-corrected chi connectivity index (χ4v) is 5.01. The SMILES string of the molecule is CC[C@H]1CCc2sc(C(=O)NNS(=O)(=O)c3cc(F)ccc3F)cc2C1. The van der Waals surface area contributed by atoms with Crippen LogP contribution >= 0.6 is 11.3 Å². The predicted octanol–water partition coefficient (Wildman–Crippen LogP) is 3.16. The Morgan fingerprint density at radius 1 is 1.31 bits per heavy atom. The molecule has 0 radical (unpaired) electrons. The molecule has 26 heavy (non-hydrogen) atoms. The molecule has 0 bridgehead atoms. The van der Waals surface area contributed by atoms with Gasteiger partial charge in [-0.1, -0.05) is 13.3 Å². The first-order valence-corrected chi connectivity index (χ1v) is 10.5. The topological polar surface area (TPSA) is 75.3 Å². The van der Waals surface area contributed by atoms with Gasteiger partial charge in [0, 0.05) is 4.88 Å². The number of carbonyl (C=O) groups is 1. The van der Waals surface area contributed by atoms with Crippen LogP contribution in [0.5, 0.6) is 0 Å². The number of nitrogens with one attached hydrogen (secondary N) is 2. The summed E-state index contributed by atoms with van der Waals surface area (Å²) in [5.74, 6) is -2.03. The molecule has 1 aromatic heterocycles. The minimum Gasteiger partial charge on any atom is -0.273 e. The fraction of sp³-hybridized carbons (Fsp3) is 0.353. The summed E-state index contributed by atoms with van der Waals surface area (Å²) in [6, 6.07) is 3.85. The first-order valence-electron chi connectivity index (χ1n) is 8.19. The van der Waals surface area contributed by atoms with Crippen LogP contribution in [0, 0.1) is 17.6 Å². The fourth-order valence-electron chi connectivity index (χ4n) is 2.97. The molecule has 3 rings (SSSR count). The average Bonchev–Trinajstić information content (AvgIpc) is 3.04. The van der Waals surface area contributed by atoms with Gasteiger partial charge in [0.15, 0.2) is 0 Å². The number of amides is 1. The lowest BCUT2D eigenvalue weighted by atomic mass is 9.87. The minimum atomic E-state index is -4.42. The van der Waals surface area contributed by atoms with Crippen molar-refractivity contribution in [2.75, 3.05) is 0 Å². The van der Waals surface area contributed by atoms with Crippen molar-refractivity contribution in [3.8, 4) is 0 Å². The van der Waals surface area contributed by atoms with E-state index in [9.17, 15) is 22.0 Å². The van der Waals surface area contributed by atoms with E-state index >= 15 is 0 Å². The summed E-state index contributed by atoms with van der Waals surface area (Å²) in [5.41, 5.74) is 3.19. The average molecular weight is 400 g/mol. The highest BCUT2D eigenvalue weighted by Crippen LogP contribution is 2.33. The Hall–Kier alpha value is -1.84. The van der Waals surface area contributed by atoms with E-state index in [0.717, 1.165) is 42.2 Å². The van der Waals surface area contributed by atoms with E-state index in [1.807, 2.05) is 4.83 Å². The Labute approximate surface area is 154 Å². The van der Waals surface area contributed by atoms with Crippen LogP contribution in [0.15, 0.2) is 29.2 Å². The van der Waals surface area contributed by atoms with Crippen molar-refractivity contribution in [2.45, 2.75) is 37.5 Å². The molecule has 0 unspecified atom stereocenters. The molecule has 0 saturated heterocycles. The number of rotatable bonds is 5. The number of halogens is 2. The Balaban J connectivity index is 1.71. The van der Waals surface area contributed by atoms with Crippen LogP contribution < -0.4 is 10.3 Å². The molecule has 1 aliphatic carbocycles. The van der Waals surface area contributed by atoms with Gasteiger partial charge < -0.3 is 0 Å². The molecule has 0 fully saturated rings. The van der Waals surface area contributed by atoms with Crippen LogP contribution in [0.3, 0.4) is 0 Å². The van der Waals surface area contributed by atoms with Crippen LogP contribution in [0.25, 0.3) is 0 Å². The van der Waals surface area contributed by atoms with Gasteiger partial charge in [0.25, 0.3) is 15.9 Å². The molecule has 1 heterocycles. The van der Waals surface area contributed by atoms with E-state index in [1.165, 1.54) is 11.3 Å². The second-order valence-corrected chi connectivity index (χ2v) is 9.00. The molecule has 5 nitrogen and oxygen atoms in total. The molecular formula is C17H18F2N2O3S2. The third-order valence-corrected chi connectivity index (χ3v) is 6.97. The second-order valence-electron chi connectivity index (χ2n) is 6.21. The summed E-state index contributed by atoms with van der Waals surface area (Å²) < 4.78 is 51.0. The Morgan fingerprint density at radius 3 is 2.81 bits per heavy atom. The van der Waals surface area contributed by atoms with Crippen molar-refractivity contribution in [1.82, 2.24) is 10.3 Å². The standard InChI is InChI=1S/C17H18F2N2O3S2/c1-2-10-3-6-14-11(7-10)8-15(25-14)17(22)20-21-26(23,24)16-9-12(18)4-5-13(16)19/h4-5,8-10,21H,2-3,6-7H2,1H3,(H,20,22)/t10-/m0/s1. The number of thiophene rings is 1. The molecule has 140 valence electrons. The van der Waals surface area contributed by atoms with Crippen LogP contribution in [-0.4, -0.2) is 14.3 Å². The van der Waals surface area contributed by atoms with Gasteiger partial charge in [0.1, 0.15) is 16.5 Å². The van der Waals surface area contributed by atoms with Crippen LogP contribution in [0.2, 0.25) is 0 Å². The molecule has 2 N–H and O–H groups in total. The molecular weight excluding hydrogens is 382 g/mol. The number of aryl methyl sites for hydroxylation is 1. The number of hydrazine groups is 1. The van der Waals surface area contributed by atoms with Crippen molar-refractivity contribution in [3.05, 3.63) is 51.2 Å². The summed E-state index contributed by atoms with van der Waals surface area (Å²) in [5, 5.41) is 0. The zero-order valence-electron chi connectivity index (χ0n) is 14.0. The van der Waals surface area contributed by atoms with Gasteiger partial charge in [-0.15, -0.1) is 16.2 Å². The Bertz CT molecular complexity index is 941. The molecule has 9 heteroatoms. The molecule has 0 saturated carbocycles. The van der Waals surface area contributed by atoms with Crippen LogP contribution in [0.4, 0.5) is 8.78 Å². The Morgan fingerprint density at radius 2 is 2.08 bits per heavy atom. The lowest BCUT2D eigenvalue weighted by Gasteiger charge is -2.19. The Kier molecular flexibility index (Phi) is 5.40.